The van der Waals surface area contributed by atoms with Crippen molar-refractivity contribution in [2.45, 2.75) is 125 Å². The van der Waals surface area contributed by atoms with Crippen molar-refractivity contribution in [1.82, 2.24) is 0 Å². The number of allylic oxidation sites excluding steroid dienone is 6. The van der Waals surface area contributed by atoms with Gasteiger partial charge in [-0.05, 0) is 0 Å². The third kappa shape index (κ3) is 21.1. The Morgan fingerprint density at radius 2 is 0.475 bits per heavy atom. The maximum Gasteiger partial charge on any atom is 0.164 e. The normalized spacial score (nSPS) is 14.1. The molecule has 0 amide bonds. The fraction of sp³-hybridized carbons (Fsp3) is 0.727. The molecule has 7 heteroatoms. The van der Waals surface area contributed by atoms with Gasteiger partial charge in [-0.25, -0.2) is 0 Å². The molecule has 0 unspecified atom stereocenters. The van der Waals surface area contributed by atoms with Crippen molar-refractivity contribution in [2.24, 2.45) is 32.5 Å². The molecule has 0 aromatic rings. The first-order chi connectivity index (χ1) is 16.6. The number of ketones is 3. The summed E-state index contributed by atoms with van der Waals surface area (Å²) in [7, 11) is 0. The zero-order chi connectivity index (χ0) is 32.6. The van der Waals surface area contributed by atoms with Crippen molar-refractivity contribution < 1.29 is 51.4 Å². The molecule has 0 bridgehead atoms. The zero-order valence-electron chi connectivity index (χ0n) is 28.8. The van der Waals surface area contributed by atoms with Crippen LogP contribution in [0.2, 0.25) is 0 Å². The van der Waals surface area contributed by atoms with Crippen LogP contribution in [0.15, 0.2) is 35.5 Å². The van der Waals surface area contributed by atoms with Gasteiger partial charge in [0, 0.05) is 72.4 Å². The van der Waals surface area contributed by atoms with Gasteiger partial charge in [-0.15, -0.1) is 0 Å². The summed E-state index contributed by atoms with van der Waals surface area (Å²) in [5.74, 6) is 0.312. The van der Waals surface area contributed by atoms with Crippen molar-refractivity contribution >= 4 is 17.3 Å². The number of hydrogen-bond acceptors (Lipinski definition) is 6. The SMILES string of the molecule is CC(C)(C)C(=O)/C=C(\O)C(C)(C)C.CC(C)(C)C(=O)C=C(O)C(C)(C)C.CC(C)(C)C(=O)C=C(O)C(C)(C)C.[Ti]. The summed E-state index contributed by atoms with van der Waals surface area (Å²) < 4.78 is 0. The van der Waals surface area contributed by atoms with E-state index in [9.17, 15) is 29.7 Å². The van der Waals surface area contributed by atoms with Crippen molar-refractivity contribution in [3.63, 3.8) is 0 Å². The number of carbonyl (C=O) groups is 3. The fourth-order valence-corrected chi connectivity index (χ4v) is 1.67. The molecule has 40 heavy (non-hydrogen) atoms. The molecule has 0 aliphatic heterocycles. The molecule has 0 radical (unpaired) electrons. The van der Waals surface area contributed by atoms with Crippen molar-refractivity contribution in [2.75, 3.05) is 0 Å². The second-order valence-electron chi connectivity index (χ2n) is 16.2. The van der Waals surface area contributed by atoms with E-state index in [2.05, 4.69) is 0 Å². The molecule has 0 aromatic carbocycles. The Morgan fingerprint density at radius 1 is 0.350 bits per heavy atom. The van der Waals surface area contributed by atoms with Gasteiger partial charge in [-0.2, -0.15) is 0 Å². The van der Waals surface area contributed by atoms with Crippen LogP contribution in [-0.4, -0.2) is 32.7 Å². The van der Waals surface area contributed by atoms with Gasteiger partial charge in [0.15, 0.2) is 17.3 Å². The predicted molar refractivity (Wildman–Crippen MR) is 164 cm³/mol. The number of aliphatic hydroxyl groups is 3. The van der Waals surface area contributed by atoms with Gasteiger partial charge >= 0.3 is 0 Å². The average molecular weight is 601 g/mol. The summed E-state index contributed by atoms with van der Waals surface area (Å²) in [5, 5.41) is 28.7. The van der Waals surface area contributed by atoms with Gasteiger partial charge < -0.3 is 15.3 Å². The summed E-state index contributed by atoms with van der Waals surface area (Å²) in [6, 6.07) is 0. The van der Waals surface area contributed by atoms with E-state index in [0.717, 1.165) is 0 Å². The molecule has 0 rings (SSSR count). The van der Waals surface area contributed by atoms with E-state index in [1.165, 1.54) is 18.2 Å². The van der Waals surface area contributed by atoms with Crippen molar-refractivity contribution in [1.29, 1.82) is 0 Å². The first-order valence-corrected chi connectivity index (χ1v) is 13.5. The number of aliphatic hydroxyl groups excluding tert-OH is 3. The van der Waals surface area contributed by atoms with Gasteiger partial charge in [0.05, 0.1) is 0 Å². The first kappa shape index (κ1) is 45.3. The third-order valence-corrected chi connectivity index (χ3v) is 5.33. The molecule has 0 saturated carbocycles. The average Bonchev–Trinajstić information content (AvgIpc) is 2.64. The smallest absolute Gasteiger partial charge is 0.164 e. The maximum atomic E-state index is 11.5. The molecule has 0 aromatic heterocycles. The molecule has 0 heterocycles. The molecular formula is C33H60O6Ti. The second-order valence-corrected chi connectivity index (χ2v) is 16.2. The summed E-state index contributed by atoms with van der Waals surface area (Å²) in [6.45, 7) is 33.3. The van der Waals surface area contributed by atoms with E-state index >= 15 is 0 Å². The Balaban J connectivity index is -0.000000240. The molecule has 0 fully saturated rings. The summed E-state index contributed by atoms with van der Waals surface area (Å²) in [5.41, 5.74) is -2.29. The molecule has 0 aliphatic carbocycles. The molecule has 3 N–H and O–H groups in total. The van der Waals surface area contributed by atoms with Crippen LogP contribution < -0.4 is 0 Å². The second kappa shape index (κ2) is 16.1. The predicted octanol–water partition coefficient (Wildman–Crippen LogP) is 9.27. The quantitative estimate of drug-likeness (QED) is 0.169. The minimum absolute atomic E-state index is 0. The van der Waals surface area contributed by atoms with Crippen LogP contribution in [0.1, 0.15) is 125 Å². The molecule has 0 aliphatic rings. The molecular weight excluding hydrogens is 540 g/mol. The van der Waals surface area contributed by atoms with Gasteiger partial charge in [-0.3, -0.25) is 14.4 Å². The van der Waals surface area contributed by atoms with Crippen molar-refractivity contribution in [3.8, 4) is 0 Å². The van der Waals surface area contributed by atoms with Gasteiger partial charge in [-0.1, -0.05) is 125 Å². The molecule has 232 valence electrons. The van der Waals surface area contributed by atoms with Crippen LogP contribution in [0, 0.1) is 32.5 Å². The Labute approximate surface area is 260 Å². The summed E-state index contributed by atoms with van der Waals surface area (Å²) >= 11 is 0. The fourth-order valence-electron chi connectivity index (χ4n) is 1.67. The van der Waals surface area contributed by atoms with Crippen LogP contribution in [0.4, 0.5) is 0 Å². The Hall–Kier alpha value is -1.66. The van der Waals surface area contributed by atoms with E-state index in [1.807, 2.05) is 125 Å². The Kier molecular flexibility index (Phi) is 18.3. The minimum atomic E-state index is -0.417. The monoisotopic (exact) mass is 600 g/mol. The van der Waals surface area contributed by atoms with Gasteiger partial charge in [0.2, 0.25) is 0 Å². The maximum absolute atomic E-state index is 11.5. The standard InChI is InChI=1S/3C11H20O2.Ti/c3*1-10(2,3)8(12)7-9(13)11(4,5)6;/h3*7,12H,1-6H3;/b8-7-;;;. The topological polar surface area (TPSA) is 112 Å². The van der Waals surface area contributed by atoms with Crippen LogP contribution in [0.5, 0.6) is 0 Å². The van der Waals surface area contributed by atoms with E-state index in [1.54, 1.807) is 0 Å². The van der Waals surface area contributed by atoms with E-state index in [0.29, 0.717) is 0 Å². The van der Waals surface area contributed by atoms with Gasteiger partial charge in [0.25, 0.3) is 0 Å². The van der Waals surface area contributed by atoms with Crippen LogP contribution in [-0.2, 0) is 36.1 Å². The number of rotatable bonds is 3. The van der Waals surface area contributed by atoms with Crippen LogP contribution in [0.25, 0.3) is 0 Å². The van der Waals surface area contributed by atoms with Crippen molar-refractivity contribution in [3.05, 3.63) is 35.5 Å². The Bertz CT molecular complexity index is 801. The van der Waals surface area contributed by atoms with Crippen LogP contribution >= 0.6 is 0 Å². The minimum Gasteiger partial charge on any atom is -0.512 e. The largest absolute Gasteiger partial charge is 0.512 e. The van der Waals surface area contributed by atoms with E-state index < -0.39 is 16.2 Å². The number of carbonyl (C=O) groups excluding carboxylic acids is 3. The first-order valence-electron chi connectivity index (χ1n) is 13.5. The van der Waals surface area contributed by atoms with Gasteiger partial charge in [0.1, 0.15) is 17.3 Å². The Morgan fingerprint density at radius 3 is 0.550 bits per heavy atom. The van der Waals surface area contributed by atoms with E-state index in [-0.39, 0.29) is 72.6 Å². The summed E-state index contributed by atoms with van der Waals surface area (Å²) in [4.78, 5) is 34.5. The molecule has 0 spiro atoms. The summed E-state index contributed by atoms with van der Waals surface area (Å²) in [6.07, 6.45) is 4.00. The molecule has 6 nitrogen and oxygen atoms in total. The zero-order valence-corrected chi connectivity index (χ0v) is 30.4. The molecule has 0 saturated heterocycles. The third-order valence-electron chi connectivity index (χ3n) is 5.33. The number of hydrogen-bond donors (Lipinski definition) is 3. The van der Waals surface area contributed by atoms with Crippen LogP contribution in [0.3, 0.4) is 0 Å². The molecule has 0 atom stereocenters. The van der Waals surface area contributed by atoms with E-state index in [4.69, 9.17) is 0 Å².